The minimum atomic E-state index is -0.174. The summed E-state index contributed by atoms with van der Waals surface area (Å²) in [4.78, 5) is 12.0. The Bertz CT molecular complexity index is 594. The van der Waals surface area contributed by atoms with Gasteiger partial charge in [0.05, 0.1) is 5.56 Å². The third-order valence-electron chi connectivity index (χ3n) is 2.82. The monoisotopic (exact) mass is 274 g/mol. The van der Waals surface area contributed by atoms with Crippen LogP contribution in [0.2, 0.25) is 5.02 Å². The highest BCUT2D eigenvalue weighted by Crippen LogP contribution is 2.14. The molecule has 0 radical (unpaired) electrons. The number of nitrogens with two attached hydrogens (primary N) is 1. The van der Waals surface area contributed by atoms with Crippen LogP contribution in [-0.2, 0) is 6.54 Å². The third kappa shape index (κ3) is 3.48. The van der Waals surface area contributed by atoms with E-state index in [-0.39, 0.29) is 5.91 Å². The SMILES string of the molecule is Cc1ccc(C(=O)NCc2ccc(Cl)cc2)c(N)c1. The van der Waals surface area contributed by atoms with Gasteiger partial charge in [0.15, 0.2) is 0 Å². The van der Waals surface area contributed by atoms with E-state index in [1.807, 2.05) is 25.1 Å². The molecule has 19 heavy (non-hydrogen) atoms. The number of hydrogen-bond donors (Lipinski definition) is 2. The molecule has 0 fully saturated rings. The Morgan fingerprint density at radius 2 is 1.89 bits per heavy atom. The van der Waals surface area contributed by atoms with Gasteiger partial charge in [0, 0.05) is 17.3 Å². The van der Waals surface area contributed by atoms with Crippen molar-refractivity contribution in [3.63, 3.8) is 0 Å². The maximum absolute atomic E-state index is 12.0. The fourth-order valence-electron chi connectivity index (χ4n) is 1.77. The summed E-state index contributed by atoms with van der Waals surface area (Å²) in [6.07, 6.45) is 0. The highest BCUT2D eigenvalue weighted by molar-refractivity contribution is 6.30. The summed E-state index contributed by atoms with van der Waals surface area (Å²) >= 11 is 5.80. The molecule has 2 aromatic rings. The van der Waals surface area contributed by atoms with Crippen LogP contribution in [-0.4, -0.2) is 5.91 Å². The lowest BCUT2D eigenvalue weighted by Crippen LogP contribution is -2.23. The van der Waals surface area contributed by atoms with Crippen molar-refractivity contribution in [2.45, 2.75) is 13.5 Å². The minimum absolute atomic E-state index is 0.174. The summed E-state index contributed by atoms with van der Waals surface area (Å²) in [5.41, 5.74) is 8.85. The van der Waals surface area contributed by atoms with Gasteiger partial charge < -0.3 is 11.1 Å². The third-order valence-corrected chi connectivity index (χ3v) is 3.07. The molecule has 0 heterocycles. The van der Waals surface area contributed by atoms with Gasteiger partial charge >= 0.3 is 0 Å². The molecule has 2 aromatic carbocycles. The zero-order chi connectivity index (χ0) is 13.8. The lowest BCUT2D eigenvalue weighted by molar-refractivity contribution is 0.0952. The van der Waals surface area contributed by atoms with Crippen LogP contribution in [0.25, 0.3) is 0 Å². The molecular formula is C15H15ClN2O. The molecule has 1 amide bonds. The molecule has 0 aromatic heterocycles. The number of carbonyl (C=O) groups is 1. The van der Waals surface area contributed by atoms with Crippen molar-refractivity contribution in [2.75, 3.05) is 5.73 Å². The fourth-order valence-corrected chi connectivity index (χ4v) is 1.89. The predicted octanol–water partition coefficient (Wildman–Crippen LogP) is 3.16. The maximum Gasteiger partial charge on any atom is 0.253 e. The van der Waals surface area contributed by atoms with Crippen LogP contribution in [0.15, 0.2) is 42.5 Å². The van der Waals surface area contributed by atoms with Gasteiger partial charge in [0.25, 0.3) is 5.91 Å². The van der Waals surface area contributed by atoms with Gasteiger partial charge in [-0.2, -0.15) is 0 Å². The molecule has 0 atom stereocenters. The quantitative estimate of drug-likeness (QED) is 0.845. The van der Waals surface area contributed by atoms with Gasteiger partial charge in [-0.15, -0.1) is 0 Å². The van der Waals surface area contributed by atoms with Crippen molar-refractivity contribution >= 4 is 23.2 Å². The summed E-state index contributed by atoms with van der Waals surface area (Å²) in [7, 11) is 0. The van der Waals surface area contributed by atoms with Gasteiger partial charge in [-0.3, -0.25) is 4.79 Å². The highest BCUT2D eigenvalue weighted by atomic mass is 35.5. The van der Waals surface area contributed by atoms with Crippen LogP contribution >= 0.6 is 11.6 Å². The summed E-state index contributed by atoms with van der Waals surface area (Å²) in [5.74, 6) is -0.174. The predicted molar refractivity (Wildman–Crippen MR) is 78.2 cm³/mol. The molecule has 0 saturated carbocycles. The van der Waals surface area contributed by atoms with E-state index in [0.29, 0.717) is 22.8 Å². The van der Waals surface area contributed by atoms with Crippen LogP contribution in [0.3, 0.4) is 0 Å². The molecule has 0 saturated heterocycles. The first-order valence-electron chi connectivity index (χ1n) is 5.95. The summed E-state index contributed by atoms with van der Waals surface area (Å²) in [6, 6.07) is 12.7. The number of carbonyl (C=O) groups excluding carboxylic acids is 1. The van der Waals surface area contributed by atoms with Crippen molar-refractivity contribution in [1.29, 1.82) is 0 Å². The average Bonchev–Trinajstić information content (AvgIpc) is 2.37. The molecule has 0 aliphatic carbocycles. The molecule has 0 spiro atoms. The second kappa shape index (κ2) is 5.76. The van der Waals surface area contributed by atoms with E-state index in [2.05, 4.69) is 5.32 Å². The fraction of sp³-hybridized carbons (Fsp3) is 0.133. The molecule has 0 aliphatic rings. The second-order valence-electron chi connectivity index (χ2n) is 4.40. The molecule has 98 valence electrons. The first-order chi connectivity index (χ1) is 9.06. The van der Waals surface area contributed by atoms with Crippen LogP contribution in [0.4, 0.5) is 5.69 Å². The summed E-state index contributed by atoms with van der Waals surface area (Å²) in [6.45, 7) is 2.38. The number of halogens is 1. The normalized spacial score (nSPS) is 10.2. The average molecular weight is 275 g/mol. The van der Waals surface area contributed by atoms with E-state index in [1.54, 1.807) is 24.3 Å². The Morgan fingerprint density at radius 3 is 2.53 bits per heavy atom. The number of aryl methyl sites for hydroxylation is 1. The van der Waals surface area contributed by atoms with E-state index in [9.17, 15) is 4.79 Å². The molecule has 4 heteroatoms. The zero-order valence-corrected chi connectivity index (χ0v) is 11.4. The van der Waals surface area contributed by atoms with Gasteiger partial charge in [-0.1, -0.05) is 29.8 Å². The van der Waals surface area contributed by atoms with Crippen LogP contribution in [0.1, 0.15) is 21.5 Å². The van der Waals surface area contributed by atoms with Crippen molar-refractivity contribution < 1.29 is 4.79 Å². The Kier molecular flexibility index (Phi) is 4.07. The Morgan fingerprint density at radius 1 is 1.21 bits per heavy atom. The summed E-state index contributed by atoms with van der Waals surface area (Å²) < 4.78 is 0. The van der Waals surface area contributed by atoms with E-state index < -0.39 is 0 Å². The van der Waals surface area contributed by atoms with Crippen molar-refractivity contribution in [3.05, 3.63) is 64.2 Å². The van der Waals surface area contributed by atoms with Gasteiger partial charge in [0.2, 0.25) is 0 Å². The molecule has 0 unspecified atom stereocenters. The maximum atomic E-state index is 12.0. The van der Waals surface area contributed by atoms with Crippen molar-refractivity contribution in [1.82, 2.24) is 5.32 Å². The second-order valence-corrected chi connectivity index (χ2v) is 4.84. The van der Waals surface area contributed by atoms with E-state index >= 15 is 0 Å². The number of anilines is 1. The number of amides is 1. The molecule has 0 bridgehead atoms. The zero-order valence-electron chi connectivity index (χ0n) is 10.6. The lowest BCUT2D eigenvalue weighted by Gasteiger charge is -2.08. The van der Waals surface area contributed by atoms with Gasteiger partial charge in [-0.05, 0) is 42.3 Å². The summed E-state index contributed by atoms with van der Waals surface area (Å²) in [5, 5.41) is 3.51. The first-order valence-corrected chi connectivity index (χ1v) is 6.33. The van der Waals surface area contributed by atoms with E-state index in [4.69, 9.17) is 17.3 Å². The molecular weight excluding hydrogens is 260 g/mol. The van der Waals surface area contributed by atoms with E-state index in [0.717, 1.165) is 11.1 Å². The topological polar surface area (TPSA) is 55.1 Å². The number of benzene rings is 2. The van der Waals surface area contributed by atoms with Crippen LogP contribution in [0.5, 0.6) is 0 Å². The van der Waals surface area contributed by atoms with E-state index in [1.165, 1.54) is 0 Å². The van der Waals surface area contributed by atoms with Crippen LogP contribution in [0, 0.1) is 6.92 Å². The molecule has 0 aliphatic heterocycles. The minimum Gasteiger partial charge on any atom is -0.398 e. The molecule has 2 rings (SSSR count). The van der Waals surface area contributed by atoms with Gasteiger partial charge in [0.1, 0.15) is 0 Å². The number of rotatable bonds is 3. The number of nitrogen functional groups attached to an aromatic ring is 1. The van der Waals surface area contributed by atoms with Gasteiger partial charge in [-0.25, -0.2) is 0 Å². The Hall–Kier alpha value is -2.00. The first kappa shape index (κ1) is 13.4. The largest absolute Gasteiger partial charge is 0.398 e. The lowest BCUT2D eigenvalue weighted by atomic mass is 10.1. The Labute approximate surface area is 117 Å². The Balaban J connectivity index is 2.03. The standard InChI is InChI=1S/C15H15ClN2O/c1-10-2-7-13(14(17)8-10)15(19)18-9-11-3-5-12(16)6-4-11/h2-8H,9,17H2,1H3,(H,18,19). The van der Waals surface area contributed by atoms with Crippen molar-refractivity contribution in [3.8, 4) is 0 Å². The number of hydrogen-bond acceptors (Lipinski definition) is 2. The van der Waals surface area contributed by atoms with Crippen LogP contribution < -0.4 is 11.1 Å². The smallest absolute Gasteiger partial charge is 0.253 e. The molecule has 3 nitrogen and oxygen atoms in total. The molecule has 3 N–H and O–H groups in total. The number of nitrogens with one attached hydrogen (secondary N) is 1. The van der Waals surface area contributed by atoms with Crippen molar-refractivity contribution in [2.24, 2.45) is 0 Å². The highest BCUT2D eigenvalue weighted by Gasteiger charge is 2.09.